The maximum atomic E-state index is 6.04. The van der Waals surface area contributed by atoms with E-state index in [1.807, 2.05) is 36.4 Å². The summed E-state index contributed by atoms with van der Waals surface area (Å²) >= 11 is 0. The summed E-state index contributed by atoms with van der Waals surface area (Å²) < 4.78 is 14.1. The minimum Gasteiger partial charge on any atom is -0.490 e. The Morgan fingerprint density at radius 1 is 0.731 bits per heavy atom. The maximum Gasteiger partial charge on any atom is 0.173 e. The molecule has 1 aliphatic carbocycles. The summed E-state index contributed by atoms with van der Waals surface area (Å²) in [4.78, 5) is 0. The van der Waals surface area contributed by atoms with Crippen molar-refractivity contribution >= 4 is 0 Å². The predicted octanol–water partition coefficient (Wildman–Crippen LogP) is 4.15. The first kappa shape index (κ1) is 16.8. The predicted molar refractivity (Wildman–Crippen MR) is 101 cm³/mol. The van der Waals surface area contributed by atoms with E-state index in [9.17, 15) is 0 Å². The quantitative estimate of drug-likeness (QED) is 0.600. The largest absolute Gasteiger partial charge is 0.490 e. The van der Waals surface area contributed by atoms with Crippen LogP contribution in [0.25, 0.3) is 0 Å². The van der Waals surface area contributed by atoms with Gasteiger partial charge < -0.3 is 9.47 Å². The molecule has 3 heteroatoms. The first-order valence-corrected chi connectivity index (χ1v) is 9.20. The molecule has 0 saturated heterocycles. The number of benzene rings is 2. The van der Waals surface area contributed by atoms with Crippen LogP contribution in [0.2, 0.25) is 0 Å². The Balaban J connectivity index is 1.21. The van der Waals surface area contributed by atoms with E-state index in [0.29, 0.717) is 12.7 Å². The molecule has 2 aromatic carbocycles. The highest BCUT2D eigenvalue weighted by Gasteiger charge is 2.31. The molecule has 132 valence electrons. The number of aromatic nitrogens is 1. The monoisotopic (exact) mass is 346 g/mol. The van der Waals surface area contributed by atoms with Gasteiger partial charge in [0.2, 0.25) is 0 Å². The first-order chi connectivity index (χ1) is 12.8. The molecule has 0 bridgehead atoms. The standard InChI is InChI=1S/C23H24NO2/c1-3-7-19(8-4-1)17-24-13-11-21(12-14-24)26-23-15-22(16-23)25-18-20-9-5-2-6-10-20/h1-14,22-23H,15-18H2/q+1/t22-,23+. The second-order valence-electron chi connectivity index (χ2n) is 6.82. The third-order valence-corrected chi connectivity index (χ3v) is 4.75. The van der Waals surface area contributed by atoms with Gasteiger partial charge in [0.05, 0.1) is 12.7 Å². The molecule has 0 N–H and O–H groups in total. The smallest absolute Gasteiger partial charge is 0.173 e. The van der Waals surface area contributed by atoms with Crippen LogP contribution in [0.4, 0.5) is 0 Å². The van der Waals surface area contributed by atoms with Crippen molar-refractivity contribution in [1.82, 2.24) is 0 Å². The van der Waals surface area contributed by atoms with Gasteiger partial charge in [-0.3, -0.25) is 0 Å². The van der Waals surface area contributed by atoms with Crippen LogP contribution in [-0.2, 0) is 17.9 Å². The molecule has 0 atom stereocenters. The average Bonchev–Trinajstić information content (AvgIpc) is 2.66. The van der Waals surface area contributed by atoms with Crippen molar-refractivity contribution in [2.24, 2.45) is 0 Å². The van der Waals surface area contributed by atoms with Crippen molar-refractivity contribution in [1.29, 1.82) is 0 Å². The molecule has 3 aromatic rings. The van der Waals surface area contributed by atoms with Crippen LogP contribution in [0, 0.1) is 0 Å². The van der Waals surface area contributed by atoms with E-state index in [4.69, 9.17) is 9.47 Å². The third-order valence-electron chi connectivity index (χ3n) is 4.75. The molecular formula is C23H24NO2+. The number of hydrogen-bond acceptors (Lipinski definition) is 2. The van der Waals surface area contributed by atoms with Crippen molar-refractivity contribution in [3.8, 4) is 5.75 Å². The van der Waals surface area contributed by atoms with Crippen LogP contribution in [0.1, 0.15) is 24.0 Å². The fraction of sp³-hybridized carbons (Fsp3) is 0.261. The molecule has 1 saturated carbocycles. The molecule has 0 amide bonds. The molecule has 4 rings (SSSR count). The zero-order valence-corrected chi connectivity index (χ0v) is 14.8. The molecule has 0 aliphatic heterocycles. The SMILES string of the molecule is c1ccc(CO[C@H]2C[C@@H](Oc3cc[n+](Cc4ccccc4)cc3)C2)cc1. The van der Waals surface area contributed by atoms with E-state index in [1.54, 1.807) is 0 Å². The molecule has 0 spiro atoms. The van der Waals surface area contributed by atoms with Crippen molar-refractivity contribution in [2.75, 3.05) is 0 Å². The van der Waals surface area contributed by atoms with E-state index in [1.165, 1.54) is 11.1 Å². The lowest BCUT2D eigenvalue weighted by molar-refractivity contribution is -0.688. The molecule has 1 fully saturated rings. The Morgan fingerprint density at radius 2 is 1.35 bits per heavy atom. The number of rotatable bonds is 7. The van der Waals surface area contributed by atoms with Gasteiger partial charge in [0.15, 0.2) is 18.9 Å². The highest BCUT2D eigenvalue weighted by Crippen LogP contribution is 2.28. The lowest BCUT2D eigenvalue weighted by Crippen LogP contribution is -2.39. The minimum atomic E-state index is 0.265. The Kier molecular flexibility index (Phi) is 5.27. The molecular weight excluding hydrogens is 322 g/mol. The van der Waals surface area contributed by atoms with Crippen molar-refractivity contribution < 1.29 is 14.0 Å². The van der Waals surface area contributed by atoms with E-state index in [2.05, 4.69) is 53.4 Å². The van der Waals surface area contributed by atoms with Gasteiger partial charge in [-0.15, -0.1) is 0 Å². The molecule has 26 heavy (non-hydrogen) atoms. The number of pyridine rings is 1. The summed E-state index contributed by atoms with van der Waals surface area (Å²) in [5.41, 5.74) is 2.52. The summed E-state index contributed by atoms with van der Waals surface area (Å²) in [7, 11) is 0. The molecule has 0 unspecified atom stereocenters. The van der Waals surface area contributed by atoms with Crippen LogP contribution in [-0.4, -0.2) is 12.2 Å². The Bertz CT molecular complexity index is 797. The second-order valence-corrected chi connectivity index (χ2v) is 6.82. The lowest BCUT2D eigenvalue weighted by atomic mass is 9.92. The van der Waals surface area contributed by atoms with Gasteiger partial charge in [-0.05, 0) is 5.56 Å². The van der Waals surface area contributed by atoms with Gasteiger partial charge in [-0.25, -0.2) is 4.57 Å². The minimum absolute atomic E-state index is 0.265. The highest BCUT2D eigenvalue weighted by atomic mass is 16.5. The molecule has 0 radical (unpaired) electrons. The Labute approximate surface area is 154 Å². The average molecular weight is 346 g/mol. The Morgan fingerprint density at radius 3 is 2.00 bits per heavy atom. The van der Waals surface area contributed by atoms with Crippen LogP contribution < -0.4 is 9.30 Å². The molecule has 1 aliphatic rings. The molecule has 1 aromatic heterocycles. The summed E-state index contributed by atoms with van der Waals surface area (Å²) in [6.45, 7) is 1.56. The van der Waals surface area contributed by atoms with E-state index in [-0.39, 0.29) is 6.10 Å². The first-order valence-electron chi connectivity index (χ1n) is 9.20. The topological polar surface area (TPSA) is 22.3 Å². The van der Waals surface area contributed by atoms with E-state index >= 15 is 0 Å². The normalized spacial score (nSPS) is 18.9. The fourth-order valence-electron chi connectivity index (χ4n) is 3.15. The van der Waals surface area contributed by atoms with Crippen molar-refractivity contribution in [3.05, 3.63) is 96.3 Å². The van der Waals surface area contributed by atoms with E-state index in [0.717, 1.165) is 25.1 Å². The summed E-state index contributed by atoms with van der Waals surface area (Å²) in [5, 5.41) is 0. The van der Waals surface area contributed by atoms with Gasteiger partial charge in [0, 0.05) is 30.5 Å². The fourth-order valence-corrected chi connectivity index (χ4v) is 3.15. The van der Waals surface area contributed by atoms with Crippen LogP contribution in [0.3, 0.4) is 0 Å². The van der Waals surface area contributed by atoms with Crippen LogP contribution in [0.5, 0.6) is 5.75 Å². The number of nitrogens with zero attached hydrogens (tertiary/aromatic N) is 1. The van der Waals surface area contributed by atoms with Gasteiger partial charge >= 0.3 is 0 Å². The summed E-state index contributed by atoms with van der Waals surface area (Å²) in [6.07, 6.45) is 6.65. The number of ether oxygens (including phenoxy) is 2. The Hall–Kier alpha value is -2.65. The van der Waals surface area contributed by atoms with Crippen LogP contribution in [0.15, 0.2) is 85.2 Å². The lowest BCUT2D eigenvalue weighted by Gasteiger charge is -2.35. The number of hydrogen-bond donors (Lipinski definition) is 0. The zero-order valence-electron chi connectivity index (χ0n) is 14.8. The van der Waals surface area contributed by atoms with Gasteiger partial charge in [0.1, 0.15) is 11.9 Å². The van der Waals surface area contributed by atoms with Gasteiger partial charge in [-0.1, -0.05) is 60.7 Å². The maximum absolute atomic E-state index is 6.04. The van der Waals surface area contributed by atoms with E-state index < -0.39 is 0 Å². The van der Waals surface area contributed by atoms with Gasteiger partial charge in [-0.2, -0.15) is 0 Å². The summed E-state index contributed by atoms with van der Waals surface area (Å²) in [6, 6.07) is 24.9. The van der Waals surface area contributed by atoms with Gasteiger partial charge in [0.25, 0.3) is 0 Å². The molecule has 1 heterocycles. The van der Waals surface area contributed by atoms with Crippen LogP contribution >= 0.6 is 0 Å². The van der Waals surface area contributed by atoms with Crippen molar-refractivity contribution in [3.63, 3.8) is 0 Å². The summed E-state index contributed by atoms with van der Waals surface area (Å²) in [5.74, 6) is 0.931. The molecule has 3 nitrogen and oxygen atoms in total. The van der Waals surface area contributed by atoms with Crippen molar-refractivity contribution in [2.45, 2.75) is 38.2 Å². The highest BCUT2D eigenvalue weighted by molar-refractivity contribution is 5.17. The second kappa shape index (κ2) is 8.15. The third kappa shape index (κ3) is 4.50. The zero-order chi connectivity index (χ0) is 17.6.